The summed E-state index contributed by atoms with van der Waals surface area (Å²) in [5, 5.41) is 15.6. The molecule has 0 saturated heterocycles. The SMILES string of the molecule is Cc1ccc(Nc2cnnc(Nc3cccc4cccnc34)n2)cc1C. The number of hydrogen-bond acceptors (Lipinski definition) is 6. The van der Waals surface area contributed by atoms with E-state index in [2.05, 4.69) is 56.8 Å². The Labute approximate surface area is 151 Å². The maximum Gasteiger partial charge on any atom is 0.249 e. The van der Waals surface area contributed by atoms with Gasteiger partial charge in [-0.05, 0) is 49.2 Å². The fourth-order valence-electron chi connectivity index (χ4n) is 2.71. The van der Waals surface area contributed by atoms with E-state index >= 15 is 0 Å². The van der Waals surface area contributed by atoms with E-state index in [4.69, 9.17) is 0 Å². The molecule has 0 saturated carbocycles. The predicted octanol–water partition coefficient (Wildman–Crippen LogP) is 4.52. The van der Waals surface area contributed by atoms with Crippen molar-refractivity contribution in [2.24, 2.45) is 0 Å². The molecule has 4 aromatic rings. The van der Waals surface area contributed by atoms with Crippen LogP contribution in [-0.2, 0) is 0 Å². The molecule has 2 heterocycles. The Morgan fingerprint density at radius 3 is 2.65 bits per heavy atom. The zero-order valence-electron chi connectivity index (χ0n) is 14.6. The lowest BCUT2D eigenvalue weighted by Crippen LogP contribution is -2.03. The highest BCUT2D eigenvalue weighted by Gasteiger charge is 2.06. The number of fused-ring (bicyclic) bond motifs is 1. The summed E-state index contributed by atoms with van der Waals surface area (Å²) >= 11 is 0. The van der Waals surface area contributed by atoms with Crippen molar-refractivity contribution in [3.05, 3.63) is 72.1 Å². The van der Waals surface area contributed by atoms with Gasteiger partial charge < -0.3 is 10.6 Å². The van der Waals surface area contributed by atoms with Crippen molar-refractivity contribution in [2.75, 3.05) is 10.6 Å². The van der Waals surface area contributed by atoms with E-state index < -0.39 is 0 Å². The van der Waals surface area contributed by atoms with Crippen LogP contribution in [0.3, 0.4) is 0 Å². The van der Waals surface area contributed by atoms with Crippen molar-refractivity contribution in [3.8, 4) is 0 Å². The fraction of sp³-hybridized carbons (Fsp3) is 0.100. The second-order valence-electron chi connectivity index (χ2n) is 6.09. The molecule has 26 heavy (non-hydrogen) atoms. The van der Waals surface area contributed by atoms with Crippen LogP contribution < -0.4 is 10.6 Å². The van der Waals surface area contributed by atoms with Crippen LogP contribution in [0.2, 0.25) is 0 Å². The van der Waals surface area contributed by atoms with Crippen molar-refractivity contribution in [1.29, 1.82) is 0 Å². The molecule has 2 aromatic carbocycles. The molecular weight excluding hydrogens is 324 g/mol. The quantitative estimate of drug-likeness (QED) is 0.568. The zero-order valence-corrected chi connectivity index (χ0v) is 14.6. The molecule has 6 heteroatoms. The minimum atomic E-state index is 0.414. The first-order valence-corrected chi connectivity index (χ1v) is 8.34. The number of anilines is 4. The van der Waals surface area contributed by atoms with Crippen LogP contribution in [0.1, 0.15) is 11.1 Å². The van der Waals surface area contributed by atoms with Crippen LogP contribution >= 0.6 is 0 Å². The van der Waals surface area contributed by atoms with Gasteiger partial charge >= 0.3 is 0 Å². The lowest BCUT2D eigenvalue weighted by atomic mass is 10.1. The molecule has 4 rings (SSSR count). The Kier molecular flexibility index (Phi) is 4.15. The molecule has 128 valence electrons. The topological polar surface area (TPSA) is 75.6 Å². The van der Waals surface area contributed by atoms with Crippen LogP contribution in [0.5, 0.6) is 0 Å². The lowest BCUT2D eigenvalue weighted by molar-refractivity contribution is 0.982. The first-order chi connectivity index (χ1) is 12.7. The maximum absolute atomic E-state index is 4.50. The molecular formula is C20H18N6. The molecule has 0 bridgehead atoms. The molecule has 2 N–H and O–H groups in total. The summed E-state index contributed by atoms with van der Waals surface area (Å²) in [6.45, 7) is 4.17. The molecule has 0 fully saturated rings. The number of rotatable bonds is 4. The third kappa shape index (κ3) is 3.30. The summed E-state index contributed by atoms with van der Waals surface area (Å²) in [6, 6.07) is 16.0. The van der Waals surface area contributed by atoms with Gasteiger partial charge in [-0.2, -0.15) is 10.1 Å². The molecule has 0 aliphatic heterocycles. The van der Waals surface area contributed by atoms with Crippen LogP contribution in [0.15, 0.2) is 60.9 Å². The van der Waals surface area contributed by atoms with Gasteiger partial charge in [-0.1, -0.05) is 24.3 Å². The number of benzene rings is 2. The van der Waals surface area contributed by atoms with E-state index in [9.17, 15) is 0 Å². The van der Waals surface area contributed by atoms with E-state index in [1.807, 2.05) is 36.4 Å². The average Bonchev–Trinajstić information content (AvgIpc) is 2.65. The normalized spacial score (nSPS) is 10.7. The van der Waals surface area contributed by atoms with E-state index in [0.717, 1.165) is 22.3 Å². The second-order valence-corrected chi connectivity index (χ2v) is 6.09. The highest BCUT2D eigenvalue weighted by molar-refractivity contribution is 5.91. The van der Waals surface area contributed by atoms with Gasteiger partial charge in [-0.3, -0.25) is 4.98 Å². The maximum atomic E-state index is 4.50. The first kappa shape index (κ1) is 16.0. The van der Waals surface area contributed by atoms with Gasteiger partial charge in [0.05, 0.1) is 17.4 Å². The summed E-state index contributed by atoms with van der Waals surface area (Å²) in [4.78, 5) is 8.93. The van der Waals surface area contributed by atoms with Crippen molar-refractivity contribution in [2.45, 2.75) is 13.8 Å². The lowest BCUT2D eigenvalue weighted by Gasteiger charge is -2.10. The van der Waals surface area contributed by atoms with Gasteiger partial charge in [0, 0.05) is 17.3 Å². The molecule has 0 aliphatic carbocycles. The van der Waals surface area contributed by atoms with Crippen LogP contribution in [0.25, 0.3) is 10.9 Å². The summed E-state index contributed by atoms with van der Waals surface area (Å²) in [6.07, 6.45) is 3.37. The Hall–Kier alpha value is -3.54. The minimum absolute atomic E-state index is 0.414. The molecule has 0 radical (unpaired) electrons. The Morgan fingerprint density at radius 1 is 0.885 bits per heavy atom. The summed E-state index contributed by atoms with van der Waals surface area (Å²) < 4.78 is 0. The monoisotopic (exact) mass is 342 g/mol. The van der Waals surface area contributed by atoms with Crippen LogP contribution in [0.4, 0.5) is 23.1 Å². The number of aromatic nitrogens is 4. The summed E-state index contributed by atoms with van der Waals surface area (Å²) in [7, 11) is 0. The number of nitrogens with one attached hydrogen (secondary N) is 2. The van der Waals surface area contributed by atoms with Gasteiger partial charge in [0.2, 0.25) is 5.95 Å². The van der Waals surface area contributed by atoms with Crippen molar-refractivity contribution < 1.29 is 0 Å². The van der Waals surface area contributed by atoms with Crippen LogP contribution in [-0.4, -0.2) is 20.2 Å². The molecule has 6 nitrogen and oxygen atoms in total. The molecule has 0 atom stereocenters. The molecule has 0 aliphatic rings. The summed E-state index contributed by atoms with van der Waals surface area (Å²) in [5.41, 5.74) is 5.14. The highest BCUT2D eigenvalue weighted by Crippen LogP contribution is 2.24. The largest absolute Gasteiger partial charge is 0.339 e. The Morgan fingerprint density at radius 2 is 1.77 bits per heavy atom. The van der Waals surface area contributed by atoms with Crippen molar-refractivity contribution in [3.63, 3.8) is 0 Å². The fourth-order valence-corrected chi connectivity index (χ4v) is 2.71. The minimum Gasteiger partial charge on any atom is -0.339 e. The standard InChI is InChI=1S/C20H18N6/c1-13-8-9-16(11-14(13)2)23-18-12-22-26-20(25-18)24-17-7-3-5-15-6-4-10-21-19(15)17/h3-12H,1-2H3,(H2,23,24,25,26). The van der Waals surface area contributed by atoms with Gasteiger partial charge in [-0.15, -0.1) is 5.10 Å². The van der Waals surface area contributed by atoms with Crippen LogP contribution in [0, 0.1) is 13.8 Å². The van der Waals surface area contributed by atoms with E-state index in [-0.39, 0.29) is 0 Å². The van der Waals surface area contributed by atoms with Gasteiger partial charge in [0.1, 0.15) is 0 Å². The van der Waals surface area contributed by atoms with Crippen molar-refractivity contribution in [1.82, 2.24) is 20.2 Å². The van der Waals surface area contributed by atoms with E-state index in [1.165, 1.54) is 11.1 Å². The Balaban J connectivity index is 1.60. The van der Waals surface area contributed by atoms with Gasteiger partial charge in [0.25, 0.3) is 0 Å². The molecule has 2 aromatic heterocycles. The number of para-hydroxylation sites is 1. The van der Waals surface area contributed by atoms with Crippen molar-refractivity contribution >= 4 is 34.0 Å². The third-order valence-corrected chi connectivity index (χ3v) is 4.22. The molecule has 0 unspecified atom stereocenters. The zero-order chi connectivity index (χ0) is 17.9. The van der Waals surface area contributed by atoms with E-state index in [1.54, 1.807) is 12.4 Å². The highest BCUT2D eigenvalue weighted by atomic mass is 15.3. The Bertz CT molecular complexity index is 1070. The second kappa shape index (κ2) is 6.76. The molecule has 0 spiro atoms. The smallest absolute Gasteiger partial charge is 0.249 e. The predicted molar refractivity (Wildman–Crippen MR) is 104 cm³/mol. The number of hydrogen-bond donors (Lipinski definition) is 2. The average molecular weight is 342 g/mol. The number of nitrogens with zero attached hydrogens (tertiary/aromatic N) is 4. The molecule has 0 amide bonds. The van der Waals surface area contributed by atoms with Gasteiger partial charge in [-0.25, -0.2) is 0 Å². The summed E-state index contributed by atoms with van der Waals surface area (Å²) in [5.74, 6) is 1.04. The number of aryl methyl sites for hydroxylation is 2. The van der Waals surface area contributed by atoms with Gasteiger partial charge in [0.15, 0.2) is 5.82 Å². The van der Waals surface area contributed by atoms with E-state index in [0.29, 0.717) is 11.8 Å². The number of pyridine rings is 1. The first-order valence-electron chi connectivity index (χ1n) is 8.34. The third-order valence-electron chi connectivity index (χ3n) is 4.22.